The maximum absolute atomic E-state index is 13.5. The number of benzene rings is 2. The lowest BCUT2D eigenvalue weighted by molar-refractivity contribution is -0.118. The number of carbonyl (C=O) groups is 1. The minimum absolute atomic E-state index is 0.0702. The molecular formula is C16H17FN2O2. The number of amides is 1. The Bertz CT molecular complexity index is 644. The molecule has 0 aliphatic heterocycles. The van der Waals surface area contributed by atoms with E-state index in [1.54, 1.807) is 30.3 Å². The predicted molar refractivity (Wildman–Crippen MR) is 79.6 cm³/mol. The van der Waals surface area contributed by atoms with Crippen molar-refractivity contribution in [1.82, 2.24) is 0 Å². The predicted octanol–water partition coefficient (Wildman–Crippen LogP) is 2.61. The first-order chi connectivity index (χ1) is 10.1. The molecule has 1 amide bonds. The van der Waals surface area contributed by atoms with Crippen molar-refractivity contribution in [3.05, 3.63) is 59.4 Å². The zero-order chi connectivity index (χ0) is 15.2. The monoisotopic (exact) mass is 288 g/mol. The van der Waals surface area contributed by atoms with E-state index in [9.17, 15) is 9.18 Å². The quantitative estimate of drug-likeness (QED) is 0.889. The van der Waals surface area contributed by atoms with E-state index < -0.39 is 5.82 Å². The number of rotatable bonds is 5. The number of ether oxygens (including phenoxy) is 1. The Labute approximate surface area is 122 Å². The van der Waals surface area contributed by atoms with E-state index >= 15 is 0 Å². The summed E-state index contributed by atoms with van der Waals surface area (Å²) in [6, 6.07) is 11.7. The van der Waals surface area contributed by atoms with Crippen LogP contribution in [0.1, 0.15) is 11.1 Å². The van der Waals surface area contributed by atoms with Gasteiger partial charge in [-0.2, -0.15) is 0 Å². The highest BCUT2D eigenvalue weighted by molar-refractivity contribution is 5.91. The van der Waals surface area contributed by atoms with Crippen LogP contribution < -0.4 is 15.8 Å². The molecule has 2 rings (SSSR count). The number of aryl methyl sites for hydroxylation is 1. The molecule has 4 nitrogen and oxygen atoms in total. The smallest absolute Gasteiger partial charge is 0.262 e. The number of carbonyl (C=O) groups excluding carboxylic acids is 1. The molecule has 2 aromatic carbocycles. The van der Waals surface area contributed by atoms with Crippen LogP contribution >= 0.6 is 0 Å². The highest BCUT2D eigenvalue weighted by Crippen LogP contribution is 2.18. The van der Waals surface area contributed by atoms with Crippen LogP contribution in [0.15, 0.2) is 42.5 Å². The lowest BCUT2D eigenvalue weighted by atomic mass is 10.2. The molecule has 0 unspecified atom stereocenters. The molecule has 0 bridgehead atoms. The molecule has 110 valence electrons. The van der Waals surface area contributed by atoms with Gasteiger partial charge in [0.25, 0.3) is 5.91 Å². The topological polar surface area (TPSA) is 64.3 Å². The third kappa shape index (κ3) is 4.29. The van der Waals surface area contributed by atoms with Gasteiger partial charge in [0.05, 0.1) is 0 Å². The Morgan fingerprint density at radius 2 is 2.10 bits per heavy atom. The number of nitrogens with two attached hydrogens (primary N) is 1. The van der Waals surface area contributed by atoms with Gasteiger partial charge in [0.2, 0.25) is 0 Å². The fraction of sp³-hybridized carbons (Fsp3) is 0.188. The molecule has 0 spiro atoms. The van der Waals surface area contributed by atoms with Crippen LogP contribution in [0.2, 0.25) is 0 Å². The fourth-order valence-electron chi connectivity index (χ4n) is 1.84. The van der Waals surface area contributed by atoms with E-state index in [2.05, 4.69) is 5.32 Å². The zero-order valence-corrected chi connectivity index (χ0v) is 11.7. The van der Waals surface area contributed by atoms with Gasteiger partial charge in [0.15, 0.2) is 18.2 Å². The molecule has 0 heterocycles. The number of hydrogen-bond acceptors (Lipinski definition) is 3. The van der Waals surface area contributed by atoms with Crippen molar-refractivity contribution >= 4 is 11.6 Å². The summed E-state index contributed by atoms with van der Waals surface area (Å²) >= 11 is 0. The van der Waals surface area contributed by atoms with Gasteiger partial charge in [-0.25, -0.2) is 4.39 Å². The summed E-state index contributed by atoms with van der Waals surface area (Å²) in [6.45, 7) is 1.96. The summed E-state index contributed by atoms with van der Waals surface area (Å²) < 4.78 is 18.7. The lowest BCUT2D eigenvalue weighted by Gasteiger charge is -2.09. The Balaban J connectivity index is 1.94. The largest absolute Gasteiger partial charge is 0.481 e. The van der Waals surface area contributed by atoms with Gasteiger partial charge in [0, 0.05) is 12.2 Å². The number of hydrogen-bond donors (Lipinski definition) is 2. The summed E-state index contributed by atoms with van der Waals surface area (Å²) in [5, 5.41) is 2.68. The summed E-state index contributed by atoms with van der Waals surface area (Å²) in [7, 11) is 0. The lowest BCUT2D eigenvalue weighted by Crippen LogP contribution is -2.20. The number of anilines is 1. The average Bonchev–Trinajstić information content (AvgIpc) is 2.48. The highest BCUT2D eigenvalue weighted by atomic mass is 19.1. The van der Waals surface area contributed by atoms with Crippen LogP contribution in [0, 0.1) is 12.7 Å². The minimum atomic E-state index is -0.487. The summed E-state index contributed by atoms with van der Waals surface area (Å²) in [5.74, 6) is -0.774. The molecule has 0 atom stereocenters. The van der Waals surface area contributed by atoms with Gasteiger partial charge in [0.1, 0.15) is 0 Å². The molecule has 0 aliphatic carbocycles. The van der Waals surface area contributed by atoms with Crippen molar-refractivity contribution in [1.29, 1.82) is 0 Å². The van der Waals surface area contributed by atoms with Crippen LogP contribution in [0.5, 0.6) is 5.75 Å². The molecule has 2 aromatic rings. The van der Waals surface area contributed by atoms with Crippen LogP contribution in [0.25, 0.3) is 0 Å². The van der Waals surface area contributed by atoms with Crippen molar-refractivity contribution in [3.63, 3.8) is 0 Å². The molecule has 0 fully saturated rings. The summed E-state index contributed by atoms with van der Waals surface area (Å²) in [6.07, 6.45) is 0. The van der Waals surface area contributed by atoms with Crippen LogP contribution in [-0.2, 0) is 11.3 Å². The number of nitrogens with one attached hydrogen (secondary N) is 1. The molecule has 3 N–H and O–H groups in total. The molecule has 0 saturated heterocycles. The van der Waals surface area contributed by atoms with Gasteiger partial charge in [-0.3, -0.25) is 4.79 Å². The summed E-state index contributed by atoms with van der Waals surface area (Å²) in [4.78, 5) is 11.8. The van der Waals surface area contributed by atoms with Crippen molar-refractivity contribution in [3.8, 4) is 5.75 Å². The first-order valence-corrected chi connectivity index (χ1v) is 6.56. The van der Waals surface area contributed by atoms with Crippen LogP contribution in [0.4, 0.5) is 10.1 Å². The third-order valence-corrected chi connectivity index (χ3v) is 2.89. The first-order valence-electron chi connectivity index (χ1n) is 6.56. The van der Waals surface area contributed by atoms with Crippen molar-refractivity contribution in [2.24, 2.45) is 5.73 Å². The van der Waals surface area contributed by atoms with Crippen LogP contribution in [-0.4, -0.2) is 12.5 Å². The normalized spacial score (nSPS) is 10.2. The Hall–Kier alpha value is -2.40. The van der Waals surface area contributed by atoms with E-state index in [4.69, 9.17) is 10.5 Å². The van der Waals surface area contributed by atoms with Crippen molar-refractivity contribution < 1.29 is 13.9 Å². The minimum Gasteiger partial charge on any atom is -0.481 e. The highest BCUT2D eigenvalue weighted by Gasteiger charge is 2.07. The average molecular weight is 288 g/mol. The van der Waals surface area contributed by atoms with Gasteiger partial charge >= 0.3 is 0 Å². The SMILES string of the molecule is Cc1ccc(F)c(OCC(=O)Nc2cccc(CN)c2)c1. The molecule has 0 aliphatic rings. The van der Waals surface area contributed by atoms with E-state index in [1.807, 2.05) is 13.0 Å². The second-order valence-electron chi connectivity index (χ2n) is 4.68. The second-order valence-corrected chi connectivity index (χ2v) is 4.68. The summed E-state index contributed by atoms with van der Waals surface area (Å²) in [5.41, 5.74) is 7.95. The molecule has 0 saturated carbocycles. The van der Waals surface area contributed by atoms with Gasteiger partial charge in [-0.15, -0.1) is 0 Å². The zero-order valence-electron chi connectivity index (χ0n) is 11.7. The molecular weight excluding hydrogens is 271 g/mol. The Morgan fingerprint density at radius 1 is 1.29 bits per heavy atom. The fourth-order valence-corrected chi connectivity index (χ4v) is 1.84. The van der Waals surface area contributed by atoms with Gasteiger partial charge in [-0.1, -0.05) is 18.2 Å². The Kier molecular flexibility index (Phi) is 4.90. The van der Waals surface area contributed by atoms with E-state index in [1.165, 1.54) is 6.07 Å². The van der Waals surface area contributed by atoms with E-state index in [0.717, 1.165) is 11.1 Å². The number of halogens is 1. The van der Waals surface area contributed by atoms with Gasteiger partial charge in [-0.05, 0) is 42.3 Å². The standard InChI is InChI=1S/C16H17FN2O2/c1-11-5-6-14(17)15(7-11)21-10-16(20)19-13-4-2-3-12(8-13)9-18/h2-8H,9-10,18H2,1H3,(H,19,20). The molecule has 0 aromatic heterocycles. The van der Waals surface area contributed by atoms with Gasteiger partial charge < -0.3 is 15.8 Å². The second kappa shape index (κ2) is 6.85. The van der Waals surface area contributed by atoms with Crippen molar-refractivity contribution in [2.75, 3.05) is 11.9 Å². The van der Waals surface area contributed by atoms with Crippen molar-refractivity contribution in [2.45, 2.75) is 13.5 Å². The van der Waals surface area contributed by atoms with E-state index in [-0.39, 0.29) is 18.3 Å². The third-order valence-electron chi connectivity index (χ3n) is 2.89. The Morgan fingerprint density at radius 3 is 2.86 bits per heavy atom. The molecule has 5 heteroatoms. The van der Waals surface area contributed by atoms with Crippen LogP contribution in [0.3, 0.4) is 0 Å². The maximum atomic E-state index is 13.5. The molecule has 21 heavy (non-hydrogen) atoms. The molecule has 0 radical (unpaired) electrons. The maximum Gasteiger partial charge on any atom is 0.262 e. The first kappa shape index (κ1) is 15.0. The van der Waals surface area contributed by atoms with E-state index in [0.29, 0.717) is 12.2 Å².